The molecule has 1 aliphatic carbocycles. The fraction of sp³-hybridized carbons (Fsp3) is 0.444. The molecule has 0 spiro atoms. The van der Waals surface area contributed by atoms with E-state index in [1.807, 2.05) is 24.3 Å². The van der Waals surface area contributed by atoms with Crippen LogP contribution in [0, 0.1) is 5.92 Å². The molecule has 8 heteroatoms. The lowest BCUT2D eigenvalue weighted by atomic mass is 9.89. The van der Waals surface area contributed by atoms with Crippen molar-refractivity contribution in [2.75, 3.05) is 20.3 Å². The number of hydrogen-bond acceptors (Lipinski definition) is 5. The number of aliphatic carboxylic acids is 1. The van der Waals surface area contributed by atoms with Crippen LogP contribution in [-0.2, 0) is 19.1 Å². The van der Waals surface area contributed by atoms with E-state index in [0.29, 0.717) is 12.8 Å². The van der Waals surface area contributed by atoms with Crippen LogP contribution in [0.15, 0.2) is 48.5 Å². The fourth-order valence-electron chi connectivity index (χ4n) is 6.06. The van der Waals surface area contributed by atoms with E-state index < -0.39 is 24.1 Å². The number of benzene rings is 2. The first kappa shape index (κ1) is 23.4. The first-order valence-electron chi connectivity index (χ1n) is 12.2. The Kier molecular flexibility index (Phi) is 6.47. The maximum absolute atomic E-state index is 13.1. The molecule has 0 saturated carbocycles. The number of carbonyl (C=O) groups is 3. The summed E-state index contributed by atoms with van der Waals surface area (Å²) in [6.45, 7) is 0.437. The standard InChI is InChI=1S/C27H30N2O6/c1-34-24(25(30)29-16-10-11-23(29)21(14-16)26(31)32)12-13-28-27(33)35-15-22-19-8-4-2-6-17(19)18-7-3-5-9-20(18)22/h2-9,16,21-24H,10-15H2,1H3,(H,28,33)(H,31,32). The van der Waals surface area contributed by atoms with Crippen LogP contribution in [0.5, 0.6) is 0 Å². The Balaban J connectivity index is 1.13. The molecule has 8 nitrogen and oxygen atoms in total. The predicted octanol–water partition coefficient (Wildman–Crippen LogP) is 3.39. The molecule has 2 amide bonds. The van der Waals surface area contributed by atoms with Gasteiger partial charge in [0.15, 0.2) is 0 Å². The monoisotopic (exact) mass is 478 g/mol. The maximum Gasteiger partial charge on any atom is 0.407 e. The molecule has 2 N–H and O–H groups in total. The number of hydrogen-bond donors (Lipinski definition) is 2. The maximum atomic E-state index is 13.1. The average molecular weight is 479 g/mol. The largest absolute Gasteiger partial charge is 0.481 e. The number of nitrogens with zero attached hydrogens (tertiary/aromatic N) is 1. The highest BCUT2D eigenvalue weighted by molar-refractivity contribution is 5.84. The lowest BCUT2D eigenvalue weighted by Gasteiger charge is -2.27. The van der Waals surface area contributed by atoms with Crippen LogP contribution >= 0.6 is 0 Å². The fourth-order valence-corrected chi connectivity index (χ4v) is 6.06. The molecule has 2 fully saturated rings. The van der Waals surface area contributed by atoms with Gasteiger partial charge in [-0.2, -0.15) is 0 Å². The third-order valence-corrected chi connectivity index (χ3v) is 7.69. The number of amides is 2. The molecule has 2 bridgehead atoms. The van der Waals surface area contributed by atoms with Gasteiger partial charge in [-0.25, -0.2) is 4.79 Å². The van der Waals surface area contributed by atoms with Gasteiger partial charge in [-0.05, 0) is 41.5 Å². The van der Waals surface area contributed by atoms with Gasteiger partial charge in [0, 0.05) is 38.1 Å². The van der Waals surface area contributed by atoms with Crippen molar-refractivity contribution in [2.45, 2.75) is 49.8 Å². The summed E-state index contributed by atoms with van der Waals surface area (Å²) in [4.78, 5) is 38.7. The Morgan fingerprint density at radius 2 is 1.71 bits per heavy atom. The molecule has 0 aromatic heterocycles. The molecule has 2 aliphatic heterocycles. The van der Waals surface area contributed by atoms with Gasteiger partial charge in [0.1, 0.15) is 12.7 Å². The summed E-state index contributed by atoms with van der Waals surface area (Å²) < 4.78 is 11.0. The second kappa shape index (κ2) is 9.70. The van der Waals surface area contributed by atoms with Gasteiger partial charge in [0.05, 0.1) is 5.92 Å². The van der Waals surface area contributed by atoms with Crippen molar-refractivity contribution in [1.82, 2.24) is 10.2 Å². The van der Waals surface area contributed by atoms with Gasteiger partial charge in [-0.3, -0.25) is 9.59 Å². The number of alkyl carbamates (subject to hydrolysis) is 1. The van der Waals surface area contributed by atoms with E-state index in [1.165, 1.54) is 18.2 Å². The molecule has 35 heavy (non-hydrogen) atoms. The minimum absolute atomic E-state index is 0.0192. The van der Waals surface area contributed by atoms with Crippen molar-refractivity contribution < 1.29 is 29.0 Å². The summed E-state index contributed by atoms with van der Waals surface area (Å²) >= 11 is 0. The van der Waals surface area contributed by atoms with Crippen LogP contribution in [0.3, 0.4) is 0 Å². The van der Waals surface area contributed by atoms with E-state index in [0.717, 1.165) is 17.5 Å². The third-order valence-electron chi connectivity index (χ3n) is 7.69. The van der Waals surface area contributed by atoms with E-state index in [4.69, 9.17) is 9.47 Å². The van der Waals surface area contributed by atoms with Crippen LogP contribution in [0.4, 0.5) is 4.79 Å². The Morgan fingerprint density at radius 1 is 1.06 bits per heavy atom. The summed E-state index contributed by atoms with van der Waals surface area (Å²) in [6, 6.07) is 16.0. The smallest absolute Gasteiger partial charge is 0.407 e. The Hall–Kier alpha value is -3.39. The molecule has 5 rings (SSSR count). The third kappa shape index (κ3) is 4.27. The molecule has 4 atom stereocenters. The minimum atomic E-state index is -0.846. The van der Waals surface area contributed by atoms with E-state index in [1.54, 1.807) is 4.90 Å². The van der Waals surface area contributed by atoms with Crippen molar-refractivity contribution in [1.29, 1.82) is 0 Å². The Morgan fingerprint density at radius 3 is 2.31 bits per heavy atom. The molecule has 2 saturated heterocycles. The van der Waals surface area contributed by atoms with Crippen LogP contribution in [0.1, 0.15) is 42.7 Å². The summed E-state index contributed by atoms with van der Waals surface area (Å²) in [5, 5.41) is 12.2. The second-order valence-corrected chi connectivity index (χ2v) is 9.49. The van der Waals surface area contributed by atoms with Crippen LogP contribution in [0.25, 0.3) is 11.1 Å². The lowest BCUT2D eigenvalue weighted by Crippen LogP contribution is -2.45. The summed E-state index contributed by atoms with van der Waals surface area (Å²) in [5.74, 6) is -1.57. The molecule has 184 valence electrons. The van der Waals surface area contributed by atoms with Crippen molar-refractivity contribution >= 4 is 18.0 Å². The van der Waals surface area contributed by atoms with Crippen molar-refractivity contribution in [2.24, 2.45) is 5.92 Å². The molecule has 4 unspecified atom stereocenters. The normalized spacial score (nSPS) is 23.0. The van der Waals surface area contributed by atoms with Gasteiger partial charge in [0.2, 0.25) is 0 Å². The van der Waals surface area contributed by atoms with E-state index in [2.05, 4.69) is 29.6 Å². The second-order valence-electron chi connectivity index (χ2n) is 9.49. The lowest BCUT2D eigenvalue weighted by molar-refractivity contribution is -0.146. The van der Waals surface area contributed by atoms with Gasteiger partial charge in [-0.1, -0.05) is 48.5 Å². The average Bonchev–Trinajstić information content (AvgIpc) is 3.55. The number of rotatable bonds is 8. The number of carbonyl (C=O) groups excluding carboxylic acids is 2. The zero-order valence-corrected chi connectivity index (χ0v) is 19.7. The molecule has 0 radical (unpaired) electrons. The quantitative estimate of drug-likeness (QED) is 0.603. The number of fused-ring (bicyclic) bond motifs is 5. The summed E-state index contributed by atoms with van der Waals surface area (Å²) in [6.07, 6.45) is 1.05. The van der Waals surface area contributed by atoms with Crippen LogP contribution < -0.4 is 5.32 Å². The SMILES string of the molecule is COC(CCNC(=O)OCC1c2ccccc2-c2ccccc21)C(=O)N1C2CCC1C(C(=O)O)C2. The van der Waals surface area contributed by atoms with Gasteiger partial charge >= 0.3 is 12.1 Å². The molecular formula is C27H30N2O6. The zero-order valence-electron chi connectivity index (χ0n) is 19.7. The molecule has 3 aliphatic rings. The number of carboxylic acid groups (broad SMARTS) is 1. The van der Waals surface area contributed by atoms with Crippen molar-refractivity contribution in [3.8, 4) is 11.1 Å². The van der Waals surface area contributed by atoms with Gasteiger partial charge < -0.3 is 24.8 Å². The van der Waals surface area contributed by atoms with Crippen LogP contribution in [-0.4, -0.2) is 66.4 Å². The van der Waals surface area contributed by atoms with Crippen molar-refractivity contribution in [3.05, 3.63) is 59.7 Å². The van der Waals surface area contributed by atoms with Gasteiger partial charge in [0.25, 0.3) is 5.91 Å². The molecule has 2 aromatic carbocycles. The highest BCUT2D eigenvalue weighted by Crippen LogP contribution is 2.44. The van der Waals surface area contributed by atoms with E-state index in [9.17, 15) is 19.5 Å². The number of ether oxygens (including phenoxy) is 2. The highest BCUT2D eigenvalue weighted by Gasteiger charge is 2.52. The van der Waals surface area contributed by atoms with E-state index in [-0.39, 0.29) is 43.5 Å². The minimum Gasteiger partial charge on any atom is -0.481 e. The molecule has 2 aromatic rings. The number of nitrogens with one attached hydrogen (secondary N) is 1. The Bertz CT molecular complexity index is 1090. The first-order valence-corrected chi connectivity index (χ1v) is 12.2. The number of carboxylic acids is 1. The zero-order chi connectivity index (χ0) is 24.5. The summed E-state index contributed by atoms with van der Waals surface area (Å²) in [7, 11) is 1.46. The molecule has 2 heterocycles. The summed E-state index contributed by atoms with van der Waals surface area (Å²) in [5.41, 5.74) is 4.62. The topological polar surface area (TPSA) is 105 Å². The van der Waals surface area contributed by atoms with Crippen molar-refractivity contribution in [3.63, 3.8) is 0 Å². The number of methoxy groups -OCH3 is 1. The molecular weight excluding hydrogens is 448 g/mol. The highest BCUT2D eigenvalue weighted by atomic mass is 16.5. The first-order chi connectivity index (χ1) is 17.0. The van der Waals surface area contributed by atoms with E-state index >= 15 is 0 Å². The Labute approximate surface area is 204 Å². The van der Waals surface area contributed by atoms with Gasteiger partial charge in [-0.15, -0.1) is 0 Å². The predicted molar refractivity (Wildman–Crippen MR) is 128 cm³/mol. The van der Waals surface area contributed by atoms with Crippen LogP contribution in [0.2, 0.25) is 0 Å².